The average molecular weight is 547 g/mol. The number of hydrogen-bond donors (Lipinski definition) is 2. The molecule has 176 valence electrons. The molecule has 0 bridgehead atoms. The number of halogens is 1. The number of benzene rings is 1. The molecule has 2 fully saturated rings. The predicted molar refractivity (Wildman–Crippen MR) is 134 cm³/mol. The third kappa shape index (κ3) is 9.02. The lowest BCUT2D eigenvalue weighted by Gasteiger charge is -2.19. The van der Waals surface area contributed by atoms with Crippen LogP contribution in [0.1, 0.15) is 44.1 Å². The van der Waals surface area contributed by atoms with Crippen molar-refractivity contribution < 1.29 is 18.9 Å². The molecule has 0 spiro atoms. The summed E-state index contributed by atoms with van der Waals surface area (Å²) in [5.41, 5.74) is 1.10. The molecular weight excluding hydrogens is 509 g/mol. The summed E-state index contributed by atoms with van der Waals surface area (Å²) in [6, 6.07) is 6.02. The van der Waals surface area contributed by atoms with Crippen LogP contribution in [-0.4, -0.2) is 59.2 Å². The largest absolute Gasteiger partial charge is 0.497 e. The zero-order valence-electron chi connectivity index (χ0n) is 18.9. The van der Waals surface area contributed by atoms with E-state index < -0.39 is 0 Å². The van der Waals surface area contributed by atoms with Gasteiger partial charge < -0.3 is 29.6 Å². The van der Waals surface area contributed by atoms with Crippen LogP contribution >= 0.6 is 24.0 Å². The van der Waals surface area contributed by atoms with Crippen molar-refractivity contribution in [2.24, 2.45) is 10.9 Å². The molecule has 31 heavy (non-hydrogen) atoms. The van der Waals surface area contributed by atoms with Gasteiger partial charge in [0.2, 0.25) is 0 Å². The highest BCUT2D eigenvalue weighted by molar-refractivity contribution is 14.0. The first-order valence-corrected chi connectivity index (χ1v) is 11.2. The Morgan fingerprint density at radius 3 is 2.74 bits per heavy atom. The van der Waals surface area contributed by atoms with E-state index in [1.807, 2.05) is 12.1 Å². The maximum Gasteiger partial charge on any atom is 0.191 e. The molecule has 0 aromatic heterocycles. The monoisotopic (exact) mass is 547 g/mol. The Bertz CT molecular complexity index is 662. The maximum atomic E-state index is 6.28. The van der Waals surface area contributed by atoms with Gasteiger partial charge in [-0.2, -0.15) is 0 Å². The van der Waals surface area contributed by atoms with E-state index in [1.165, 1.54) is 12.8 Å². The number of nitrogens with zero attached hydrogens (tertiary/aromatic N) is 1. The molecule has 1 saturated carbocycles. The normalized spacial score (nSPS) is 19.2. The van der Waals surface area contributed by atoms with Gasteiger partial charge >= 0.3 is 0 Å². The molecule has 7 nitrogen and oxygen atoms in total. The van der Waals surface area contributed by atoms with Gasteiger partial charge in [-0.1, -0.05) is 0 Å². The summed E-state index contributed by atoms with van der Waals surface area (Å²) in [5, 5.41) is 6.74. The van der Waals surface area contributed by atoms with Gasteiger partial charge in [0.1, 0.15) is 11.5 Å². The lowest BCUT2D eigenvalue weighted by atomic mass is 10.1. The number of hydrogen-bond acceptors (Lipinski definition) is 5. The molecule has 1 aliphatic heterocycles. The minimum absolute atomic E-state index is 0. The summed E-state index contributed by atoms with van der Waals surface area (Å²) in [6.45, 7) is 4.72. The molecule has 1 heterocycles. The van der Waals surface area contributed by atoms with Crippen LogP contribution < -0.4 is 20.1 Å². The number of ether oxygens (including phenoxy) is 4. The number of methoxy groups -OCH3 is 1. The highest BCUT2D eigenvalue weighted by Gasteiger charge is 2.19. The van der Waals surface area contributed by atoms with Crippen molar-refractivity contribution in [2.75, 3.05) is 47.1 Å². The lowest BCUT2D eigenvalue weighted by molar-refractivity contribution is 0.0888. The second-order valence-electron chi connectivity index (χ2n) is 8.01. The van der Waals surface area contributed by atoms with Gasteiger partial charge in [0.15, 0.2) is 5.96 Å². The van der Waals surface area contributed by atoms with Crippen molar-refractivity contribution in [2.45, 2.75) is 51.2 Å². The van der Waals surface area contributed by atoms with Gasteiger partial charge in [0, 0.05) is 50.9 Å². The summed E-state index contributed by atoms with van der Waals surface area (Å²) in [4.78, 5) is 4.32. The van der Waals surface area contributed by atoms with Crippen LogP contribution in [0.2, 0.25) is 0 Å². The van der Waals surface area contributed by atoms with E-state index in [2.05, 4.69) is 21.7 Å². The van der Waals surface area contributed by atoms with Gasteiger partial charge in [-0.25, -0.2) is 0 Å². The fourth-order valence-electron chi connectivity index (χ4n) is 3.85. The number of aliphatic imine (C=N–C) groups is 1. The van der Waals surface area contributed by atoms with Gasteiger partial charge in [0.25, 0.3) is 0 Å². The standard InChI is InChI=1S/C23H37N3O4.HI/c1-24-23(25-11-5-12-28-16-18-10-13-29-17-18)26-15-19-8-9-21(27-2)14-22(19)30-20-6-3-4-7-20;/h8-9,14,18,20H,3-7,10-13,15-17H2,1-2H3,(H2,24,25,26);1H. The Hall–Kier alpha value is -1.26. The van der Waals surface area contributed by atoms with Crippen LogP contribution in [0.3, 0.4) is 0 Å². The number of nitrogens with one attached hydrogen (secondary N) is 2. The third-order valence-corrected chi connectivity index (χ3v) is 5.68. The van der Waals surface area contributed by atoms with E-state index in [-0.39, 0.29) is 24.0 Å². The Balaban J connectivity index is 0.00000341. The molecule has 1 atom stereocenters. The Labute approximate surface area is 203 Å². The Morgan fingerprint density at radius 1 is 1.19 bits per heavy atom. The van der Waals surface area contributed by atoms with Crippen molar-refractivity contribution in [1.82, 2.24) is 10.6 Å². The summed E-state index contributed by atoms with van der Waals surface area (Å²) in [6.07, 6.45) is 7.11. The van der Waals surface area contributed by atoms with Crippen LogP contribution in [-0.2, 0) is 16.0 Å². The molecule has 8 heteroatoms. The van der Waals surface area contributed by atoms with Crippen molar-refractivity contribution in [3.63, 3.8) is 0 Å². The van der Waals surface area contributed by atoms with Gasteiger partial charge in [-0.05, 0) is 50.7 Å². The fraction of sp³-hybridized carbons (Fsp3) is 0.696. The van der Waals surface area contributed by atoms with E-state index >= 15 is 0 Å². The topological polar surface area (TPSA) is 73.3 Å². The Morgan fingerprint density at radius 2 is 2.03 bits per heavy atom. The second kappa shape index (κ2) is 14.7. The zero-order valence-corrected chi connectivity index (χ0v) is 21.2. The second-order valence-corrected chi connectivity index (χ2v) is 8.01. The molecule has 1 saturated heterocycles. The SMILES string of the molecule is CN=C(NCCCOCC1CCOC1)NCc1ccc(OC)cc1OC1CCCC1.I. The lowest BCUT2D eigenvalue weighted by Crippen LogP contribution is -2.37. The van der Waals surface area contributed by atoms with E-state index in [9.17, 15) is 0 Å². The Kier molecular flexibility index (Phi) is 12.4. The molecule has 3 rings (SSSR count). The van der Waals surface area contributed by atoms with Crippen molar-refractivity contribution in [3.8, 4) is 11.5 Å². The zero-order chi connectivity index (χ0) is 21.0. The van der Waals surface area contributed by atoms with Crippen LogP contribution in [0, 0.1) is 5.92 Å². The van der Waals surface area contributed by atoms with Crippen LogP contribution in [0.4, 0.5) is 0 Å². The molecule has 2 N–H and O–H groups in total. The molecule has 1 aliphatic carbocycles. The van der Waals surface area contributed by atoms with Crippen molar-refractivity contribution >= 4 is 29.9 Å². The van der Waals surface area contributed by atoms with Crippen LogP contribution in [0.5, 0.6) is 11.5 Å². The summed E-state index contributed by atoms with van der Waals surface area (Å²) >= 11 is 0. The third-order valence-electron chi connectivity index (χ3n) is 5.68. The number of rotatable bonds is 11. The van der Waals surface area contributed by atoms with E-state index in [0.717, 1.165) is 81.7 Å². The summed E-state index contributed by atoms with van der Waals surface area (Å²) in [5.74, 6) is 3.06. The molecule has 0 amide bonds. The quantitative estimate of drug-likeness (QED) is 0.190. The molecule has 2 aliphatic rings. The minimum Gasteiger partial charge on any atom is -0.497 e. The van der Waals surface area contributed by atoms with Crippen molar-refractivity contribution in [3.05, 3.63) is 23.8 Å². The smallest absolute Gasteiger partial charge is 0.191 e. The highest BCUT2D eigenvalue weighted by atomic mass is 127. The first-order chi connectivity index (χ1) is 14.8. The van der Waals surface area contributed by atoms with Gasteiger partial charge in [-0.15, -0.1) is 24.0 Å². The number of guanidine groups is 1. The van der Waals surface area contributed by atoms with Crippen LogP contribution in [0.25, 0.3) is 0 Å². The molecule has 1 aromatic carbocycles. The summed E-state index contributed by atoms with van der Waals surface area (Å²) in [7, 11) is 3.47. The fourth-order valence-corrected chi connectivity index (χ4v) is 3.85. The maximum absolute atomic E-state index is 6.28. The first-order valence-electron chi connectivity index (χ1n) is 11.2. The van der Waals surface area contributed by atoms with E-state index in [0.29, 0.717) is 18.6 Å². The highest BCUT2D eigenvalue weighted by Crippen LogP contribution is 2.30. The van der Waals surface area contributed by atoms with Crippen molar-refractivity contribution in [1.29, 1.82) is 0 Å². The predicted octanol–water partition coefficient (Wildman–Crippen LogP) is 3.74. The van der Waals surface area contributed by atoms with E-state index in [4.69, 9.17) is 18.9 Å². The molecule has 0 radical (unpaired) electrons. The summed E-state index contributed by atoms with van der Waals surface area (Å²) < 4.78 is 22.8. The molecular formula is C23H38IN3O4. The van der Waals surface area contributed by atoms with Gasteiger partial charge in [-0.3, -0.25) is 4.99 Å². The molecule has 1 aromatic rings. The van der Waals surface area contributed by atoms with Gasteiger partial charge in [0.05, 0.1) is 26.4 Å². The van der Waals surface area contributed by atoms with E-state index in [1.54, 1.807) is 14.2 Å². The minimum atomic E-state index is 0. The molecule has 1 unspecified atom stereocenters. The average Bonchev–Trinajstić information content (AvgIpc) is 3.47. The first kappa shape index (κ1) is 26.0. The van der Waals surface area contributed by atoms with Crippen LogP contribution in [0.15, 0.2) is 23.2 Å².